The second-order valence-electron chi connectivity index (χ2n) is 6.39. The molecule has 4 nitrogen and oxygen atoms in total. The zero-order chi connectivity index (χ0) is 16.8. The summed E-state index contributed by atoms with van der Waals surface area (Å²) < 4.78 is 11.5. The fourth-order valence-corrected chi connectivity index (χ4v) is 3.05. The Morgan fingerprint density at radius 3 is 2.57 bits per heavy atom. The molecule has 0 saturated carbocycles. The molecule has 23 heavy (non-hydrogen) atoms. The molecule has 0 radical (unpaired) electrons. The SMILES string of the molecule is CCN(C(=O)C(C)OCC1CCCCO1)c1cc(C)cc(C)c1. The molecule has 2 rings (SSSR count). The molecule has 1 amide bonds. The summed E-state index contributed by atoms with van der Waals surface area (Å²) in [5.41, 5.74) is 3.27. The number of benzene rings is 1. The van der Waals surface area contributed by atoms with Crippen molar-refractivity contribution < 1.29 is 14.3 Å². The summed E-state index contributed by atoms with van der Waals surface area (Å²) in [6, 6.07) is 6.21. The van der Waals surface area contributed by atoms with Crippen molar-refractivity contribution in [3.63, 3.8) is 0 Å². The van der Waals surface area contributed by atoms with Crippen molar-refractivity contribution in [1.29, 1.82) is 0 Å². The van der Waals surface area contributed by atoms with Crippen LogP contribution in [0.1, 0.15) is 44.2 Å². The molecule has 0 aromatic heterocycles. The minimum Gasteiger partial charge on any atom is -0.376 e. The van der Waals surface area contributed by atoms with Gasteiger partial charge in [0.25, 0.3) is 5.91 Å². The molecule has 1 saturated heterocycles. The average molecular weight is 319 g/mol. The van der Waals surface area contributed by atoms with Crippen molar-refractivity contribution in [2.45, 2.75) is 59.2 Å². The van der Waals surface area contributed by atoms with Gasteiger partial charge in [0.15, 0.2) is 0 Å². The van der Waals surface area contributed by atoms with Crippen LogP contribution in [0.3, 0.4) is 0 Å². The van der Waals surface area contributed by atoms with Crippen molar-refractivity contribution in [3.05, 3.63) is 29.3 Å². The second-order valence-corrected chi connectivity index (χ2v) is 6.39. The Kier molecular flexibility index (Phi) is 6.60. The van der Waals surface area contributed by atoms with E-state index in [0.29, 0.717) is 13.2 Å². The number of aryl methyl sites for hydroxylation is 2. The topological polar surface area (TPSA) is 38.8 Å². The normalized spacial score (nSPS) is 19.4. The molecule has 2 unspecified atom stereocenters. The van der Waals surface area contributed by atoms with Crippen LogP contribution in [-0.4, -0.2) is 37.9 Å². The standard InChI is InChI=1S/C19H29NO3/c1-5-20(17-11-14(2)10-15(3)12-17)19(21)16(4)23-13-18-8-6-7-9-22-18/h10-12,16,18H,5-9,13H2,1-4H3. The van der Waals surface area contributed by atoms with Gasteiger partial charge >= 0.3 is 0 Å². The number of anilines is 1. The van der Waals surface area contributed by atoms with Crippen LogP contribution < -0.4 is 4.90 Å². The zero-order valence-electron chi connectivity index (χ0n) is 14.8. The number of carbonyl (C=O) groups is 1. The van der Waals surface area contributed by atoms with Crippen molar-refractivity contribution >= 4 is 11.6 Å². The highest BCUT2D eigenvalue weighted by atomic mass is 16.5. The largest absolute Gasteiger partial charge is 0.376 e. The van der Waals surface area contributed by atoms with Crippen LogP contribution in [0.4, 0.5) is 5.69 Å². The Bertz CT molecular complexity index is 503. The Labute approximate surface area is 139 Å². The first-order chi connectivity index (χ1) is 11.0. The van der Waals surface area contributed by atoms with Crippen LogP contribution in [0.25, 0.3) is 0 Å². The van der Waals surface area contributed by atoms with Crippen molar-refractivity contribution in [3.8, 4) is 0 Å². The monoisotopic (exact) mass is 319 g/mol. The van der Waals surface area contributed by atoms with E-state index in [9.17, 15) is 4.79 Å². The summed E-state index contributed by atoms with van der Waals surface area (Å²) in [4.78, 5) is 14.5. The zero-order valence-corrected chi connectivity index (χ0v) is 14.8. The lowest BCUT2D eigenvalue weighted by atomic mass is 10.1. The first kappa shape index (κ1) is 18.0. The number of likely N-dealkylation sites (N-methyl/N-ethyl adjacent to an activating group) is 1. The van der Waals surface area contributed by atoms with E-state index in [-0.39, 0.29) is 12.0 Å². The Morgan fingerprint density at radius 2 is 2.00 bits per heavy atom. The molecule has 1 heterocycles. The first-order valence-corrected chi connectivity index (χ1v) is 8.64. The van der Waals surface area contributed by atoms with Crippen LogP contribution in [0.5, 0.6) is 0 Å². The highest BCUT2D eigenvalue weighted by Crippen LogP contribution is 2.20. The van der Waals surface area contributed by atoms with Crippen LogP contribution in [-0.2, 0) is 14.3 Å². The van der Waals surface area contributed by atoms with Gasteiger partial charge in [0, 0.05) is 18.8 Å². The van der Waals surface area contributed by atoms with Gasteiger partial charge in [-0.25, -0.2) is 0 Å². The number of rotatable bonds is 6. The van der Waals surface area contributed by atoms with E-state index in [4.69, 9.17) is 9.47 Å². The van der Waals surface area contributed by atoms with Crippen molar-refractivity contribution in [1.82, 2.24) is 0 Å². The molecule has 1 aromatic rings. The average Bonchev–Trinajstić information content (AvgIpc) is 2.53. The van der Waals surface area contributed by atoms with Gasteiger partial charge in [0.05, 0.1) is 12.7 Å². The number of amides is 1. The Balaban J connectivity index is 1.97. The van der Waals surface area contributed by atoms with Gasteiger partial charge in [-0.15, -0.1) is 0 Å². The number of carbonyl (C=O) groups excluding carboxylic acids is 1. The first-order valence-electron chi connectivity index (χ1n) is 8.64. The van der Waals surface area contributed by atoms with Crippen molar-refractivity contribution in [2.24, 2.45) is 0 Å². The summed E-state index contributed by atoms with van der Waals surface area (Å²) in [6.45, 7) is 9.86. The fraction of sp³-hybridized carbons (Fsp3) is 0.632. The van der Waals surface area contributed by atoms with Gasteiger partial charge in [-0.2, -0.15) is 0 Å². The predicted octanol–water partition coefficient (Wildman–Crippen LogP) is 3.63. The van der Waals surface area contributed by atoms with E-state index >= 15 is 0 Å². The molecule has 1 fully saturated rings. The van der Waals surface area contributed by atoms with Crippen LogP contribution in [0.2, 0.25) is 0 Å². The number of hydrogen-bond acceptors (Lipinski definition) is 3. The minimum atomic E-state index is -0.457. The van der Waals surface area contributed by atoms with Crippen LogP contribution >= 0.6 is 0 Å². The third kappa shape index (κ3) is 5.05. The Hall–Kier alpha value is -1.39. The maximum absolute atomic E-state index is 12.7. The molecule has 0 spiro atoms. The molecule has 0 N–H and O–H groups in total. The van der Waals surface area contributed by atoms with E-state index < -0.39 is 6.10 Å². The number of nitrogens with zero attached hydrogens (tertiary/aromatic N) is 1. The van der Waals surface area contributed by atoms with E-state index in [2.05, 4.69) is 19.9 Å². The molecule has 2 atom stereocenters. The molecule has 1 aromatic carbocycles. The number of ether oxygens (including phenoxy) is 2. The minimum absolute atomic E-state index is 0.00769. The van der Waals surface area contributed by atoms with E-state index in [1.807, 2.05) is 26.0 Å². The third-order valence-corrected chi connectivity index (χ3v) is 4.25. The van der Waals surface area contributed by atoms with Gasteiger partial charge in [0.1, 0.15) is 6.10 Å². The molecular formula is C19H29NO3. The lowest BCUT2D eigenvalue weighted by Gasteiger charge is -2.27. The van der Waals surface area contributed by atoms with Gasteiger partial charge in [-0.1, -0.05) is 6.07 Å². The van der Waals surface area contributed by atoms with Gasteiger partial charge < -0.3 is 14.4 Å². The quantitative estimate of drug-likeness (QED) is 0.803. The maximum Gasteiger partial charge on any atom is 0.255 e. The predicted molar refractivity (Wildman–Crippen MR) is 92.9 cm³/mol. The van der Waals surface area contributed by atoms with E-state index in [0.717, 1.165) is 36.3 Å². The molecule has 1 aliphatic heterocycles. The van der Waals surface area contributed by atoms with E-state index in [1.54, 1.807) is 4.90 Å². The number of hydrogen-bond donors (Lipinski definition) is 0. The molecular weight excluding hydrogens is 290 g/mol. The Morgan fingerprint density at radius 1 is 1.30 bits per heavy atom. The summed E-state index contributed by atoms with van der Waals surface area (Å²) in [6.07, 6.45) is 3.01. The summed E-state index contributed by atoms with van der Waals surface area (Å²) in [5, 5.41) is 0. The highest BCUT2D eigenvalue weighted by molar-refractivity contribution is 5.96. The molecule has 128 valence electrons. The fourth-order valence-electron chi connectivity index (χ4n) is 3.05. The smallest absolute Gasteiger partial charge is 0.255 e. The maximum atomic E-state index is 12.7. The van der Waals surface area contributed by atoms with Crippen LogP contribution in [0.15, 0.2) is 18.2 Å². The lowest BCUT2D eigenvalue weighted by molar-refractivity contribution is -0.132. The van der Waals surface area contributed by atoms with Crippen LogP contribution in [0, 0.1) is 13.8 Å². The van der Waals surface area contributed by atoms with Gasteiger partial charge in [-0.05, 0) is 70.2 Å². The molecule has 4 heteroatoms. The molecule has 0 bridgehead atoms. The lowest BCUT2D eigenvalue weighted by Crippen LogP contribution is -2.40. The summed E-state index contributed by atoms with van der Waals surface area (Å²) in [7, 11) is 0. The summed E-state index contributed by atoms with van der Waals surface area (Å²) in [5.74, 6) is 0.00769. The molecule has 1 aliphatic rings. The second kappa shape index (κ2) is 8.46. The highest BCUT2D eigenvalue weighted by Gasteiger charge is 2.23. The van der Waals surface area contributed by atoms with E-state index in [1.165, 1.54) is 6.42 Å². The summed E-state index contributed by atoms with van der Waals surface area (Å²) >= 11 is 0. The van der Waals surface area contributed by atoms with Gasteiger partial charge in [0.2, 0.25) is 0 Å². The van der Waals surface area contributed by atoms with Crippen molar-refractivity contribution in [2.75, 3.05) is 24.7 Å². The van der Waals surface area contributed by atoms with Gasteiger partial charge in [-0.3, -0.25) is 4.79 Å². The molecule has 0 aliphatic carbocycles. The third-order valence-electron chi connectivity index (χ3n) is 4.25.